The number of hydrogen-bond acceptors (Lipinski definition) is 5. The Bertz CT molecular complexity index is 523. The highest BCUT2D eigenvalue weighted by atomic mass is 16.7. The second kappa shape index (κ2) is 6.53. The van der Waals surface area contributed by atoms with Gasteiger partial charge in [-0.15, -0.1) is 0 Å². The van der Waals surface area contributed by atoms with Gasteiger partial charge in [0, 0.05) is 31.2 Å². The smallest absolute Gasteiger partial charge is 0.331 e. The quantitative estimate of drug-likeness (QED) is 0.512. The lowest BCUT2D eigenvalue weighted by molar-refractivity contribution is -0.140. The van der Waals surface area contributed by atoms with Crippen LogP contribution in [0.5, 0.6) is 5.75 Å². The van der Waals surface area contributed by atoms with Gasteiger partial charge in [-0.3, -0.25) is 4.79 Å². The molecule has 0 atom stereocenters. The highest BCUT2D eigenvalue weighted by Gasteiger charge is 2.09. The summed E-state index contributed by atoms with van der Waals surface area (Å²) >= 11 is 0. The highest BCUT2D eigenvalue weighted by molar-refractivity contribution is 6.02. The number of nitrogens with zero attached hydrogens (tertiary/aromatic N) is 1. The average molecular weight is 264 g/mol. The number of rotatable bonds is 4. The molecule has 19 heavy (non-hydrogen) atoms. The standard InChI is InChI=1S/C13H16N2O4/c1-8(15-19-10(3)17)12-6-5-11(14-9(2)16)7-13(12)18-4/h5-7H,1-4H3,(H,14,16). The minimum atomic E-state index is -0.492. The number of benzene rings is 1. The van der Waals surface area contributed by atoms with Crippen LogP contribution < -0.4 is 10.1 Å². The van der Waals surface area contributed by atoms with E-state index in [1.807, 2.05) is 0 Å². The summed E-state index contributed by atoms with van der Waals surface area (Å²) in [5.41, 5.74) is 1.80. The van der Waals surface area contributed by atoms with Gasteiger partial charge in [-0.2, -0.15) is 0 Å². The van der Waals surface area contributed by atoms with Crippen LogP contribution in [-0.4, -0.2) is 24.7 Å². The molecular formula is C13H16N2O4. The summed E-state index contributed by atoms with van der Waals surface area (Å²) in [7, 11) is 1.51. The number of oxime groups is 1. The van der Waals surface area contributed by atoms with Crippen LogP contribution in [0.25, 0.3) is 0 Å². The summed E-state index contributed by atoms with van der Waals surface area (Å²) in [6.45, 7) is 4.39. The van der Waals surface area contributed by atoms with Gasteiger partial charge >= 0.3 is 5.97 Å². The predicted molar refractivity (Wildman–Crippen MR) is 71.3 cm³/mol. The Balaban J connectivity index is 3.04. The van der Waals surface area contributed by atoms with Crippen molar-refractivity contribution in [3.05, 3.63) is 23.8 Å². The van der Waals surface area contributed by atoms with Crippen LogP contribution in [-0.2, 0) is 14.4 Å². The molecule has 0 spiro atoms. The maximum Gasteiger partial charge on any atom is 0.331 e. The lowest BCUT2D eigenvalue weighted by Crippen LogP contribution is -2.07. The Morgan fingerprint density at radius 1 is 1.21 bits per heavy atom. The zero-order valence-corrected chi connectivity index (χ0v) is 11.3. The second-order valence-electron chi connectivity index (χ2n) is 3.86. The van der Waals surface area contributed by atoms with Crippen molar-refractivity contribution < 1.29 is 19.2 Å². The first-order valence-corrected chi connectivity index (χ1v) is 5.62. The summed E-state index contributed by atoms with van der Waals surface area (Å²) in [5.74, 6) is -0.132. The van der Waals surface area contributed by atoms with Gasteiger partial charge < -0.3 is 14.9 Å². The maximum atomic E-state index is 11.0. The molecule has 0 aromatic heterocycles. The zero-order valence-electron chi connectivity index (χ0n) is 11.3. The van der Waals surface area contributed by atoms with Gasteiger partial charge in [0.05, 0.1) is 12.8 Å². The number of carbonyl (C=O) groups excluding carboxylic acids is 2. The van der Waals surface area contributed by atoms with Crippen LogP contribution in [0.15, 0.2) is 23.4 Å². The summed E-state index contributed by atoms with van der Waals surface area (Å²) in [6.07, 6.45) is 0. The summed E-state index contributed by atoms with van der Waals surface area (Å²) < 4.78 is 5.22. The molecule has 0 saturated heterocycles. The van der Waals surface area contributed by atoms with Gasteiger partial charge in [-0.25, -0.2) is 4.79 Å². The molecule has 1 rings (SSSR count). The molecule has 0 heterocycles. The van der Waals surface area contributed by atoms with Crippen molar-refractivity contribution in [2.24, 2.45) is 5.16 Å². The van der Waals surface area contributed by atoms with Crippen LogP contribution in [0, 0.1) is 0 Å². The first-order valence-electron chi connectivity index (χ1n) is 5.62. The molecule has 0 aliphatic rings. The van der Waals surface area contributed by atoms with E-state index in [2.05, 4.69) is 15.3 Å². The third kappa shape index (κ3) is 4.42. The number of anilines is 1. The van der Waals surface area contributed by atoms with Crippen molar-refractivity contribution >= 4 is 23.3 Å². The van der Waals surface area contributed by atoms with E-state index in [0.29, 0.717) is 22.7 Å². The third-order valence-corrected chi connectivity index (χ3v) is 2.22. The molecule has 1 amide bonds. The number of amides is 1. The fourth-order valence-electron chi connectivity index (χ4n) is 1.45. The largest absolute Gasteiger partial charge is 0.496 e. The van der Waals surface area contributed by atoms with Crippen LogP contribution in [0.3, 0.4) is 0 Å². The lowest BCUT2D eigenvalue weighted by atomic mass is 10.1. The van der Waals surface area contributed by atoms with Gasteiger partial charge in [0.15, 0.2) is 0 Å². The van der Waals surface area contributed by atoms with Gasteiger partial charge in [0.2, 0.25) is 5.91 Å². The molecule has 0 aliphatic heterocycles. The van der Waals surface area contributed by atoms with Crippen molar-refractivity contribution in [3.63, 3.8) is 0 Å². The van der Waals surface area contributed by atoms with E-state index in [4.69, 9.17) is 4.74 Å². The number of carbonyl (C=O) groups is 2. The Labute approximate surface area is 111 Å². The monoisotopic (exact) mass is 264 g/mol. The summed E-state index contributed by atoms with van der Waals surface area (Å²) in [6, 6.07) is 5.11. The van der Waals surface area contributed by atoms with Crippen molar-refractivity contribution in [2.75, 3.05) is 12.4 Å². The molecule has 1 N–H and O–H groups in total. The molecule has 0 unspecified atom stereocenters. The van der Waals surface area contributed by atoms with E-state index in [1.54, 1.807) is 25.1 Å². The second-order valence-corrected chi connectivity index (χ2v) is 3.86. The van der Waals surface area contributed by atoms with E-state index in [-0.39, 0.29) is 5.91 Å². The molecule has 1 aromatic carbocycles. The normalized spacial score (nSPS) is 10.8. The Kier molecular flexibility index (Phi) is 5.05. The van der Waals surface area contributed by atoms with Gasteiger partial charge in [0.1, 0.15) is 5.75 Å². The lowest BCUT2D eigenvalue weighted by Gasteiger charge is -2.10. The molecule has 0 bridgehead atoms. The summed E-state index contributed by atoms with van der Waals surface area (Å²) in [4.78, 5) is 26.3. The number of hydrogen-bond donors (Lipinski definition) is 1. The molecule has 6 nitrogen and oxygen atoms in total. The van der Waals surface area contributed by atoms with Crippen molar-refractivity contribution in [2.45, 2.75) is 20.8 Å². The first-order chi connectivity index (χ1) is 8.93. The molecule has 6 heteroatoms. The fourth-order valence-corrected chi connectivity index (χ4v) is 1.45. The van der Waals surface area contributed by atoms with E-state index in [0.717, 1.165) is 0 Å². The molecule has 0 saturated carbocycles. The molecule has 0 fully saturated rings. The molecular weight excluding hydrogens is 248 g/mol. The molecule has 1 aromatic rings. The average Bonchev–Trinajstić information content (AvgIpc) is 2.35. The number of ether oxygens (including phenoxy) is 1. The minimum Gasteiger partial charge on any atom is -0.496 e. The van der Waals surface area contributed by atoms with Crippen LogP contribution in [0.4, 0.5) is 5.69 Å². The topological polar surface area (TPSA) is 77.0 Å². The van der Waals surface area contributed by atoms with E-state index in [9.17, 15) is 9.59 Å². The molecule has 0 radical (unpaired) electrons. The van der Waals surface area contributed by atoms with Crippen LogP contribution in [0.1, 0.15) is 26.3 Å². The zero-order chi connectivity index (χ0) is 14.4. The van der Waals surface area contributed by atoms with Gasteiger partial charge in [-0.1, -0.05) is 5.16 Å². The van der Waals surface area contributed by atoms with Crippen molar-refractivity contribution in [1.29, 1.82) is 0 Å². The number of methoxy groups -OCH3 is 1. The van der Waals surface area contributed by atoms with E-state index >= 15 is 0 Å². The Morgan fingerprint density at radius 2 is 1.89 bits per heavy atom. The predicted octanol–water partition coefficient (Wildman–Crippen LogP) is 1.94. The Hall–Kier alpha value is -2.37. The fraction of sp³-hybridized carbons (Fsp3) is 0.308. The third-order valence-electron chi connectivity index (χ3n) is 2.22. The van der Waals surface area contributed by atoms with Crippen LogP contribution >= 0.6 is 0 Å². The SMILES string of the molecule is COc1cc(NC(C)=O)ccc1C(C)=NOC(C)=O. The number of nitrogens with one attached hydrogen (secondary N) is 1. The van der Waals surface area contributed by atoms with Gasteiger partial charge in [-0.05, 0) is 19.1 Å². The van der Waals surface area contributed by atoms with Gasteiger partial charge in [0.25, 0.3) is 0 Å². The Morgan fingerprint density at radius 3 is 2.42 bits per heavy atom. The van der Waals surface area contributed by atoms with Crippen molar-refractivity contribution in [3.8, 4) is 5.75 Å². The van der Waals surface area contributed by atoms with Crippen molar-refractivity contribution in [1.82, 2.24) is 0 Å². The van der Waals surface area contributed by atoms with E-state index in [1.165, 1.54) is 21.0 Å². The summed E-state index contributed by atoms with van der Waals surface area (Å²) in [5, 5.41) is 6.34. The first kappa shape index (κ1) is 14.7. The van der Waals surface area contributed by atoms with E-state index < -0.39 is 5.97 Å². The highest BCUT2D eigenvalue weighted by Crippen LogP contribution is 2.24. The molecule has 102 valence electrons. The minimum absolute atomic E-state index is 0.167. The van der Waals surface area contributed by atoms with Crippen LogP contribution in [0.2, 0.25) is 0 Å². The maximum absolute atomic E-state index is 11.0. The molecule has 0 aliphatic carbocycles.